The largest absolute Gasteiger partial charge is 0.455 e. The van der Waals surface area contributed by atoms with Crippen molar-refractivity contribution < 1.29 is 14.3 Å². The molecule has 0 aliphatic carbocycles. The van der Waals surface area contributed by atoms with Crippen LogP contribution in [0.15, 0.2) is 48.5 Å². The average Bonchev–Trinajstić information content (AvgIpc) is 2.68. The molecule has 2 rings (SSSR count). The number of benzene rings is 2. The molecule has 1 N–H and O–H groups in total. The van der Waals surface area contributed by atoms with Crippen LogP contribution in [0.2, 0.25) is 0 Å². The van der Waals surface area contributed by atoms with Gasteiger partial charge in [-0.1, -0.05) is 82.6 Å². The first-order valence-electron chi connectivity index (χ1n) is 9.96. The fraction of sp³-hybridized carbons (Fsp3) is 0.417. The quantitative estimate of drug-likeness (QED) is 0.620. The fourth-order valence-electron chi connectivity index (χ4n) is 3.34. The van der Waals surface area contributed by atoms with Crippen molar-refractivity contribution in [2.45, 2.75) is 52.9 Å². The molecule has 0 saturated carbocycles. The molecule has 0 aliphatic heterocycles. The maximum atomic E-state index is 12.7. The highest BCUT2D eigenvalue weighted by Gasteiger charge is 2.28. The highest BCUT2D eigenvalue weighted by Crippen LogP contribution is 2.29. The van der Waals surface area contributed by atoms with E-state index in [4.69, 9.17) is 4.74 Å². The number of esters is 1. The summed E-state index contributed by atoms with van der Waals surface area (Å²) in [4.78, 5) is 25.2. The van der Waals surface area contributed by atoms with Gasteiger partial charge in [-0.2, -0.15) is 0 Å². The molecule has 4 heteroatoms. The van der Waals surface area contributed by atoms with Crippen molar-refractivity contribution in [2.24, 2.45) is 5.92 Å². The van der Waals surface area contributed by atoms with Crippen molar-refractivity contribution in [1.29, 1.82) is 0 Å². The van der Waals surface area contributed by atoms with Crippen LogP contribution in [0.1, 0.15) is 62.6 Å². The number of carbonyl (C=O) groups excluding carboxylic acids is 2. The number of carbonyl (C=O) groups is 2. The van der Waals surface area contributed by atoms with Gasteiger partial charge in [0.25, 0.3) is 5.91 Å². The van der Waals surface area contributed by atoms with Gasteiger partial charge in [0.15, 0.2) is 6.61 Å². The smallest absolute Gasteiger partial charge is 0.314 e. The van der Waals surface area contributed by atoms with E-state index in [2.05, 4.69) is 19.2 Å². The van der Waals surface area contributed by atoms with E-state index in [1.165, 1.54) is 0 Å². The van der Waals surface area contributed by atoms with Gasteiger partial charge in [-0.3, -0.25) is 9.59 Å². The van der Waals surface area contributed by atoms with Gasteiger partial charge >= 0.3 is 5.97 Å². The zero-order valence-corrected chi connectivity index (χ0v) is 17.5. The number of amides is 1. The van der Waals surface area contributed by atoms with Gasteiger partial charge in [0.1, 0.15) is 0 Å². The Labute approximate surface area is 168 Å². The third-order valence-corrected chi connectivity index (χ3v) is 5.16. The molecular weight excluding hydrogens is 350 g/mol. The number of hydrogen-bond acceptors (Lipinski definition) is 3. The Balaban J connectivity index is 2.06. The molecule has 28 heavy (non-hydrogen) atoms. The highest BCUT2D eigenvalue weighted by molar-refractivity contribution is 5.94. The van der Waals surface area contributed by atoms with Crippen molar-refractivity contribution in [3.05, 3.63) is 65.2 Å². The molecule has 0 radical (unpaired) electrons. The second kappa shape index (κ2) is 10.1. The molecule has 0 aliphatic rings. The minimum absolute atomic E-state index is 0.127. The van der Waals surface area contributed by atoms with Gasteiger partial charge in [-0.25, -0.2) is 0 Å². The first-order valence-corrected chi connectivity index (χ1v) is 9.96. The summed E-state index contributed by atoms with van der Waals surface area (Å²) in [6, 6.07) is 15.6. The predicted molar refractivity (Wildman–Crippen MR) is 113 cm³/mol. The normalized spacial score (nSPS) is 13.1. The predicted octanol–water partition coefficient (Wildman–Crippen LogP) is 5.43. The van der Waals surface area contributed by atoms with E-state index in [-0.39, 0.29) is 36.2 Å². The third kappa shape index (κ3) is 5.44. The lowest BCUT2D eigenvalue weighted by Crippen LogP contribution is -2.27. The van der Waals surface area contributed by atoms with Gasteiger partial charge in [-0.05, 0) is 35.4 Å². The van der Waals surface area contributed by atoms with Crippen LogP contribution in [-0.4, -0.2) is 18.5 Å². The molecule has 0 spiro atoms. The summed E-state index contributed by atoms with van der Waals surface area (Å²) >= 11 is 0. The Bertz CT molecular complexity index is 799. The Morgan fingerprint density at radius 2 is 1.68 bits per heavy atom. The second-order valence-electron chi connectivity index (χ2n) is 7.62. The molecule has 0 fully saturated rings. The average molecular weight is 382 g/mol. The summed E-state index contributed by atoms with van der Waals surface area (Å²) in [6.45, 7) is 9.92. The van der Waals surface area contributed by atoms with Crippen molar-refractivity contribution in [2.75, 3.05) is 11.9 Å². The highest BCUT2D eigenvalue weighted by atomic mass is 16.5. The van der Waals surface area contributed by atoms with Gasteiger partial charge in [0.05, 0.1) is 5.92 Å². The minimum atomic E-state index is -0.372. The fourth-order valence-corrected chi connectivity index (χ4v) is 3.34. The van der Waals surface area contributed by atoms with Crippen LogP contribution in [0.25, 0.3) is 0 Å². The lowest BCUT2D eigenvalue weighted by Gasteiger charge is -2.22. The Kier molecular flexibility index (Phi) is 7.80. The van der Waals surface area contributed by atoms with Gasteiger partial charge in [0, 0.05) is 5.69 Å². The van der Waals surface area contributed by atoms with Crippen LogP contribution in [0, 0.1) is 12.8 Å². The summed E-state index contributed by atoms with van der Waals surface area (Å²) < 4.78 is 5.40. The van der Waals surface area contributed by atoms with E-state index >= 15 is 0 Å². The summed E-state index contributed by atoms with van der Waals surface area (Å²) in [5.41, 5.74) is 3.79. The zero-order valence-electron chi connectivity index (χ0n) is 17.5. The van der Waals surface area contributed by atoms with E-state index < -0.39 is 0 Å². The summed E-state index contributed by atoms with van der Waals surface area (Å²) in [7, 11) is 0. The molecule has 0 unspecified atom stereocenters. The van der Waals surface area contributed by atoms with Crippen molar-refractivity contribution in [1.82, 2.24) is 0 Å². The number of nitrogens with one attached hydrogen (secondary N) is 1. The molecule has 2 atom stereocenters. The maximum Gasteiger partial charge on any atom is 0.314 e. The number of para-hydroxylation sites is 1. The minimum Gasteiger partial charge on any atom is -0.455 e. The van der Waals surface area contributed by atoms with Crippen LogP contribution in [0.4, 0.5) is 5.69 Å². The van der Waals surface area contributed by atoms with Crippen LogP contribution in [0.3, 0.4) is 0 Å². The zero-order chi connectivity index (χ0) is 20.7. The number of aryl methyl sites for hydroxylation is 1. The molecule has 0 heterocycles. The van der Waals surface area contributed by atoms with Gasteiger partial charge in [0.2, 0.25) is 0 Å². The summed E-state index contributed by atoms with van der Waals surface area (Å²) in [5, 5.41) is 2.92. The van der Waals surface area contributed by atoms with E-state index in [9.17, 15) is 9.59 Å². The van der Waals surface area contributed by atoms with Crippen molar-refractivity contribution in [3.8, 4) is 0 Å². The Morgan fingerprint density at radius 3 is 2.29 bits per heavy atom. The van der Waals surface area contributed by atoms with Crippen LogP contribution >= 0.6 is 0 Å². The summed E-state index contributed by atoms with van der Waals surface area (Å²) in [6.07, 6.45) is 0.849. The second-order valence-corrected chi connectivity index (χ2v) is 7.62. The number of hydrogen-bond donors (Lipinski definition) is 1. The molecule has 150 valence electrons. The molecule has 0 aromatic heterocycles. The van der Waals surface area contributed by atoms with E-state index in [1.54, 1.807) is 0 Å². The molecule has 2 aromatic rings. The molecule has 4 nitrogen and oxygen atoms in total. The monoisotopic (exact) mass is 381 g/mol. The number of anilines is 1. The Morgan fingerprint density at radius 1 is 1.00 bits per heavy atom. The van der Waals surface area contributed by atoms with Crippen LogP contribution in [-0.2, 0) is 14.3 Å². The van der Waals surface area contributed by atoms with Gasteiger partial charge in [-0.15, -0.1) is 0 Å². The van der Waals surface area contributed by atoms with Crippen molar-refractivity contribution in [3.63, 3.8) is 0 Å². The SMILES string of the molecule is CC[C@@H](C)[C@@H](C(=O)OCC(=O)Nc1c(C)cccc1C(C)C)c1ccccc1. The Hall–Kier alpha value is -2.62. The lowest BCUT2D eigenvalue weighted by atomic mass is 9.86. The topological polar surface area (TPSA) is 55.4 Å². The maximum absolute atomic E-state index is 12.7. The third-order valence-electron chi connectivity index (χ3n) is 5.16. The first-order chi connectivity index (χ1) is 13.3. The number of ether oxygens (including phenoxy) is 1. The molecule has 2 aromatic carbocycles. The molecule has 1 amide bonds. The van der Waals surface area contributed by atoms with E-state index in [0.29, 0.717) is 0 Å². The molecular formula is C24H31NO3. The first kappa shape index (κ1) is 21.7. The number of rotatable bonds is 8. The van der Waals surface area contributed by atoms with Gasteiger partial charge < -0.3 is 10.1 Å². The van der Waals surface area contributed by atoms with E-state index in [1.807, 2.05) is 69.3 Å². The standard InChI is InChI=1S/C24H31NO3/c1-6-17(4)22(19-12-8-7-9-13-19)24(27)28-15-21(26)25-23-18(5)11-10-14-20(23)16(2)3/h7-14,16-17,22H,6,15H2,1-5H3,(H,25,26)/t17-,22-/m1/s1. The van der Waals surface area contributed by atoms with Crippen molar-refractivity contribution >= 4 is 17.6 Å². The molecule has 0 bridgehead atoms. The molecule has 0 saturated heterocycles. The van der Waals surface area contributed by atoms with Crippen LogP contribution in [0.5, 0.6) is 0 Å². The van der Waals surface area contributed by atoms with Crippen LogP contribution < -0.4 is 5.32 Å². The lowest BCUT2D eigenvalue weighted by molar-refractivity contribution is -0.150. The van der Waals surface area contributed by atoms with E-state index in [0.717, 1.165) is 28.8 Å². The summed E-state index contributed by atoms with van der Waals surface area (Å²) in [5.74, 6) is -0.638.